The van der Waals surface area contributed by atoms with Crippen LogP contribution in [0.3, 0.4) is 0 Å². The Morgan fingerprint density at radius 1 is 0.925 bits per heavy atom. The quantitative estimate of drug-likeness (QED) is 0.330. The van der Waals surface area contributed by atoms with Crippen molar-refractivity contribution in [2.75, 3.05) is 44.2 Å². The molecular weight excluding hydrogens is 511 g/mol. The maximum Gasteiger partial charge on any atom is 0.416 e. The van der Waals surface area contributed by atoms with Gasteiger partial charge in [-0.3, -0.25) is 4.79 Å². The third kappa shape index (κ3) is 6.73. The molecular formula is C33H42F3N3O. The molecule has 1 amide bonds. The number of amides is 1. The van der Waals surface area contributed by atoms with Gasteiger partial charge < -0.3 is 14.7 Å². The molecule has 2 aliphatic heterocycles. The Hall–Kier alpha value is -2.80. The van der Waals surface area contributed by atoms with E-state index < -0.39 is 11.7 Å². The van der Waals surface area contributed by atoms with Gasteiger partial charge in [-0.25, -0.2) is 0 Å². The number of carbonyl (C=O) groups is 1. The molecule has 1 saturated carbocycles. The van der Waals surface area contributed by atoms with Crippen LogP contribution in [0.15, 0.2) is 67.3 Å². The summed E-state index contributed by atoms with van der Waals surface area (Å²) in [6.07, 6.45) is 5.03. The van der Waals surface area contributed by atoms with Crippen molar-refractivity contribution in [2.24, 2.45) is 11.8 Å². The first-order valence-electron chi connectivity index (χ1n) is 14.9. The Bertz CT molecular complexity index is 1110. The van der Waals surface area contributed by atoms with Crippen molar-refractivity contribution in [2.45, 2.75) is 63.1 Å². The number of likely N-dealkylation sites (tertiary alicyclic amines) is 2. The van der Waals surface area contributed by atoms with E-state index in [1.54, 1.807) is 12.1 Å². The van der Waals surface area contributed by atoms with Gasteiger partial charge in [-0.05, 0) is 61.4 Å². The highest BCUT2D eigenvalue weighted by molar-refractivity contribution is 5.79. The Kier molecular flexibility index (Phi) is 9.19. The van der Waals surface area contributed by atoms with Gasteiger partial charge in [-0.1, -0.05) is 55.7 Å². The average molecular weight is 554 g/mol. The molecule has 216 valence electrons. The molecule has 2 saturated heterocycles. The summed E-state index contributed by atoms with van der Waals surface area (Å²) in [5.41, 5.74) is 1.51. The van der Waals surface area contributed by atoms with Crippen LogP contribution in [-0.2, 0) is 11.0 Å². The van der Waals surface area contributed by atoms with Crippen molar-refractivity contribution in [3.63, 3.8) is 0 Å². The molecule has 1 aliphatic carbocycles. The Morgan fingerprint density at radius 2 is 1.60 bits per heavy atom. The Labute approximate surface area is 236 Å². The van der Waals surface area contributed by atoms with Crippen molar-refractivity contribution in [3.05, 3.63) is 78.4 Å². The number of piperidine rings is 1. The SMILES string of the molecule is C=CCN(c1ccc(C(F)(F)F)cc1)C1CCN(C[C@H]2CN(C(=O)C3CCCCC3)C[C@@H]2c2ccccc2)CC1. The molecule has 3 aliphatic rings. The molecule has 0 bridgehead atoms. The summed E-state index contributed by atoms with van der Waals surface area (Å²) >= 11 is 0. The van der Waals surface area contributed by atoms with Crippen LogP contribution in [0.4, 0.5) is 18.9 Å². The second-order valence-corrected chi connectivity index (χ2v) is 11.9. The summed E-state index contributed by atoms with van der Waals surface area (Å²) in [4.78, 5) is 20.3. The minimum atomic E-state index is -4.33. The largest absolute Gasteiger partial charge is 0.416 e. The van der Waals surface area contributed by atoms with Gasteiger partial charge in [0.15, 0.2) is 0 Å². The van der Waals surface area contributed by atoms with Gasteiger partial charge in [-0.15, -0.1) is 6.58 Å². The fourth-order valence-electron chi connectivity index (χ4n) is 7.11. The summed E-state index contributed by atoms with van der Waals surface area (Å²) < 4.78 is 39.2. The fourth-order valence-corrected chi connectivity index (χ4v) is 7.11. The van der Waals surface area contributed by atoms with E-state index in [-0.39, 0.29) is 12.0 Å². The van der Waals surface area contributed by atoms with Crippen LogP contribution in [0, 0.1) is 11.8 Å². The second kappa shape index (κ2) is 12.8. The lowest BCUT2D eigenvalue weighted by Crippen LogP contribution is -2.47. The van der Waals surface area contributed by atoms with Gasteiger partial charge in [-0.2, -0.15) is 13.2 Å². The van der Waals surface area contributed by atoms with Crippen molar-refractivity contribution >= 4 is 11.6 Å². The standard InChI is InChI=1S/C33H42F3N3O/c1-2-19-39(29-15-13-28(14-16-29)33(34,35)36)30-17-20-37(21-18-30)22-27-23-38(32(40)26-11-7-4-8-12-26)24-31(27)25-9-5-3-6-10-25/h2-3,5-6,9-10,13-16,26-27,30-31H,1,4,7-8,11-12,17-24H2/t27-,31+/m0/s1. The van der Waals surface area contributed by atoms with Gasteiger partial charge in [0.25, 0.3) is 0 Å². The minimum absolute atomic E-state index is 0.195. The highest BCUT2D eigenvalue weighted by atomic mass is 19.4. The maximum absolute atomic E-state index is 13.4. The van der Waals surface area contributed by atoms with Crippen LogP contribution >= 0.6 is 0 Å². The molecule has 0 spiro atoms. The van der Waals surface area contributed by atoms with E-state index in [2.05, 4.69) is 51.6 Å². The van der Waals surface area contributed by atoms with E-state index >= 15 is 0 Å². The van der Waals surface area contributed by atoms with Crippen molar-refractivity contribution in [3.8, 4) is 0 Å². The summed E-state index contributed by atoms with van der Waals surface area (Å²) in [5.74, 6) is 1.29. The lowest BCUT2D eigenvalue weighted by Gasteiger charge is -2.40. The number of hydrogen-bond acceptors (Lipinski definition) is 3. The average Bonchev–Trinajstić information content (AvgIpc) is 3.40. The monoisotopic (exact) mass is 553 g/mol. The van der Waals surface area contributed by atoms with Gasteiger partial charge in [0.1, 0.15) is 0 Å². The predicted octanol–water partition coefficient (Wildman–Crippen LogP) is 6.98. The first kappa shape index (κ1) is 28.7. The van der Waals surface area contributed by atoms with Crippen LogP contribution in [0.2, 0.25) is 0 Å². The van der Waals surface area contributed by atoms with E-state index in [9.17, 15) is 18.0 Å². The first-order valence-corrected chi connectivity index (χ1v) is 14.9. The predicted molar refractivity (Wildman–Crippen MR) is 154 cm³/mol. The topological polar surface area (TPSA) is 26.8 Å². The molecule has 2 atom stereocenters. The van der Waals surface area contributed by atoms with Crippen LogP contribution in [0.5, 0.6) is 0 Å². The molecule has 2 heterocycles. The van der Waals surface area contributed by atoms with E-state index in [0.717, 1.165) is 64.1 Å². The van der Waals surface area contributed by atoms with Crippen LogP contribution in [-0.4, -0.2) is 61.0 Å². The number of hydrogen-bond donors (Lipinski definition) is 0. The minimum Gasteiger partial charge on any atom is -0.365 e. The molecule has 5 rings (SSSR count). The van der Waals surface area contributed by atoms with Gasteiger partial charge >= 0.3 is 6.18 Å². The third-order valence-corrected chi connectivity index (χ3v) is 9.28. The number of alkyl halides is 3. The number of anilines is 1. The van der Waals surface area contributed by atoms with E-state index in [0.29, 0.717) is 24.3 Å². The highest BCUT2D eigenvalue weighted by Gasteiger charge is 2.39. The lowest BCUT2D eigenvalue weighted by molar-refractivity contribution is -0.137. The zero-order valence-electron chi connectivity index (χ0n) is 23.4. The number of halogens is 3. The Balaban J connectivity index is 1.22. The molecule has 4 nitrogen and oxygen atoms in total. The first-order chi connectivity index (χ1) is 19.3. The van der Waals surface area contributed by atoms with Crippen LogP contribution < -0.4 is 4.90 Å². The summed E-state index contributed by atoms with van der Waals surface area (Å²) in [5, 5.41) is 0. The number of benzene rings is 2. The number of carbonyl (C=O) groups excluding carboxylic acids is 1. The molecule has 40 heavy (non-hydrogen) atoms. The molecule has 0 unspecified atom stereocenters. The fraction of sp³-hybridized carbons (Fsp3) is 0.545. The van der Waals surface area contributed by atoms with Gasteiger partial charge in [0, 0.05) is 62.8 Å². The van der Waals surface area contributed by atoms with E-state index in [1.807, 2.05) is 6.08 Å². The molecule has 3 fully saturated rings. The lowest BCUT2D eigenvalue weighted by atomic mass is 9.88. The molecule has 7 heteroatoms. The highest BCUT2D eigenvalue weighted by Crippen LogP contribution is 2.37. The van der Waals surface area contributed by atoms with Crippen LogP contribution in [0.25, 0.3) is 0 Å². The number of rotatable bonds is 8. The second-order valence-electron chi connectivity index (χ2n) is 11.9. The maximum atomic E-state index is 13.4. The van der Waals surface area contributed by atoms with Crippen LogP contribution in [0.1, 0.15) is 62.0 Å². The molecule has 0 N–H and O–H groups in total. The summed E-state index contributed by atoms with van der Waals surface area (Å²) in [6.45, 7) is 8.96. The smallest absolute Gasteiger partial charge is 0.365 e. The summed E-state index contributed by atoms with van der Waals surface area (Å²) in [6, 6.07) is 16.4. The van der Waals surface area contributed by atoms with Crippen molar-refractivity contribution < 1.29 is 18.0 Å². The van der Waals surface area contributed by atoms with E-state index in [4.69, 9.17) is 0 Å². The van der Waals surface area contributed by atoms with Gasteiger partial charge in [0.05, 0.1) is 5.56 Å². The van der Waals surface area contributed by atoms with Crippen molar-refractivity contribution in [1.29, 1.82) is 0 Å². The normalized spacial score (nSPS) is 23.3. The molecule has 0 radical (unpaired) electrons. The zero-order chi connectivity index (χ0) is 28.1. The van der Waals surface area contributed by atoms with E-state index in [1.165, 1.54) is 37.0 Å². The Morgan fingerprint density at radius 3 is 2.23 bits per heavy atom. The molecule has 2 aromatic rings. The molecule has 0 aromatic heterocycles. The molecule has 2 aromatic carbocycles. The van der Waals surface area contributed by atoms with Gasteiger partial charge in [0.2, 0.25) is 5.91 Å². The third-order valence-electron chi connectivity index (χ3n) is 9.28. The number of nitrogens with zero attached hydrogens (tertiary/aromatic N) is 3. The summed E-state index contributed by atoms with van der Waals surface area (Å²) in [7, 11) is 0. The van der Waals surface area contributed by atoms with Crippen molar-refractivity contribution in [1.82, 2.24) is 9.80 Å². The zero-order valence-corrected chi connectivity index (χ0v) is 23.4.